The van der Waals surface area contributed by atoms with Crippen LogP contribution < -0.4 is 0 Å². The Kier molecular flexibility index (Phi) is 5.55. The molecule has 5 heteroatoms. The molecule has 0 bridgehead atoms. The highest BCUT2D eigenvalue weighted by Gasteiger charge is 2.22. The Labute approximate surface area is 165 Å². The van der Waals surface area contributed by atoms with Crippen LogP contribution in [0.1, 0.15) is 24.0 Å². The molecule has 28 heavy (non-hydrogen) atoms. The zero-order valence-electron chi connectivity index (χ0n) is 16.2. The van der Waals surface area contributed by atoms with Crippen molar-refractivity contribution in [2.24, 2.45) is 5.92 Å². The molecule has 3 aromatic rings. The van der Waals surface area contributed by atoms with E-state index in [1.165, 1.54) is 11.6 Å². The Hall–Kier alpha value is -2.50. The fraction of sp³-hybridized carbons (Fsp3) is 0.348. The number of hydrogen-bond donors (Lipinski definition) is 1. The molecular formula is C23H26FN3O. The molecule has 0 spiro atoms. The molecule has 1 aliphatic heterocycles. The zero-order valence-corrected chi connectivity index (χ0v) is 16.2. The average Bonchev–Trinajstić information content (AvgIpc) is 3.12. The van der Waals surface area contributed by atoms with E-state index < -0.39 is 0 Å². The van der Waals surface area contributed by atoms with E-state index in [2.05, 4.69) is 30.2 Å². The fourth-order valence-electron chi connectivity index (χ4n) is 3.99. The van der Waals surface area contributed by atoms with Crippen LogP contribution in [-0.2, 0) is 6.54 Å². The third-order valence-electron chi connectivity index (χ3n) is 5.41. The van der Waals surface area contributed by atoms with Gasteiger partial charge in [0, 0.05) is 37.0 Å². The number of piperidine rings is 1. The van der Waals surface area contributed by atoms with Gasteiger partial charge in [-0.15, -0.1) is 0 Å². The quantitative estimate of drug-likeness (QED) is 0.723. The molecule has 1 fully saturated rings. The highest BCUT2D eigenvalue weighted by molar-refractivity contribution is 5.63. The van der Waals surface area contributed by atoms with Crippen LogP contribution in [0.5, 0.6) is 0 Å². The summed E-state index contributed by atoms with van der Waals surface area (Å²) in [4.78, 5) is 2.37. The minimum absolute atomic E-state index is 0.232. The van der Waals surface area contributed by atoms with Gasteiger partial charge in [0.15, 0.2) is 0 Å². The van der Waals surface area contributed by atoms with Crippen LogP contribution in [0.25, 0.3) is 16.9 Å². The molecule has 146 valence electrons. The minimum Gasteiger partial charge on any atom is -0.396 e. The summed E-state index contributed by atoms with van der Waals surface area (Å²) in [7, 11) is 0. The molecule has 4 nitrogen and oxygen atoms in total. The van der Waals surface area contributed by atoms with Gasteiger partial charge in [0.25, 0.3) is 0 Å². The van der Waals surface area contributed by atoms with Crippen molar-refractivity contribution in [2.45, 2.75) is 26.3 Å². The Morgan fingerprint density at radius 2 is 2.04 bits per heavy atom. The maximum Gasteiger partial charge on any atom is 0.123 e. The molecule has 0 amide bonds. The van der Waals surface area contributed by atoms with Crippen molar-refractivity contribution >= 4 is 0 Å². The number of aliphatic hydroxyl groups is 1. The SMILES string of the molecule is Cc1cccc(-n2cc(CN3CCC[C@H](CO)C3)c(-c3cccc(F)c3)n2)c1. The molecule has 1 saturated heterocycles. The number of likely N-dealkylation sites (tertiary alicyclic amines) is 1. The highest BCUT2D eigenvalue weighted by Crippen LogP contribution is 2.27. The standard InChI is InChI=1S/C23H26FN3O/c1-17-5-2-9-22(11-17)27-15-20(14-26-10-4-6-18(13-26)16-28)23(25-27)19-7-3-8-21(24)12-19/h2-3,5,7-9,11-12,15,18,28H,4,6,10,13-14,16H2,1H3/t18-/m0/s1. The van der Waals surface area contributed by atoms with Gasteiger partial charge >= 0.3 is 0 Å². The minimum atomic E-state index is -0.258. The summed E-state index contributed by atoms with van der Waals surface area (Å²) < 4.78 is 15.7. The second-order valence-corrected chi connectivity index (χ2v) is 7.72. The molecule has 0 radical (unpaired) electrons. The van der Waals surface area contributed by atoms with Crippen molar-refractivity contribution in [1.29, 1.82) is 0 Å². The monoisotopic (exact) mass is 379 g/mol. The van der Waals surface area contributed by atoms with Crippen molar-refractivity contribution in [1.82, 2.24) is 14.7 Å². The van der Waals surface area contributed by atoms with Crippen LogP contribution in [0.3, 0.4) is 0 Å². The molecule has 0 aliphatic carbocycles. The van der Waals surface area contributed by atoms with Gasteiger partial charge in [-0.2, -0.15) is 5.10 Å². The predicted octanol–water partition coefficient (Wildman–Crippen LogP) is 4.19. The second kappa shape index (κ2) is 8.25. The maximum atomic E-state index is 13.9. The van der Waals surface area contributed by atoms with E-state index in [1.807, 2.05) is 22.9 Å². The summed E-state index contributed by atoms with van der Waals surface area (Å²) >= 11 is 0. The van der Waals surface area contributed by atoms with Gasteiger partial charge < -0.3 is 5.11 Å². The van der Waals surface area contributed by atoms with E-state index in [1.54, 1.807) is 12.1 Å². The van der Waals surface area contributed by atoms with Crippen LogP contribution in [0.2, 0.25) is 0 Å². The van der Waals surface area contributed by atoms with Crippen LogP contribution in [0.4, 0.5) is 4.39 Å². The van der Waals surface area contributed by atoms with Gasteiger partial charge in [0.05, 0.1) is 11.4 Å². The lowest BCUT2D eigenvalue weighted by Crippen LogP contribution is -2.36. The number of aromatic nitrogens is 2. The third kappa shape index (κ3) is 4.16. The molecule has 1 aliphatic rings. The lowest BCUT2D eigenvalue weighted by Gasteiger charge is -2.31. The van der Waals surface area contributed by atoms with Crippen LogP contribution >= 0.6 is 0 Å². The number of hydrogen-bond acceptors (Lipinski definition) is 3. The zero-order chi connectivity index (χ0) is 19.5. The smallest absolute Gasteiger partial charge is 0.123 e. The number of aliphatic hydroxyl groups excluding tert-OH is 1. The number of halogens is 1. The largest absolute Gasteiger partial charge is 0.396 e. The van der Waals surface area contributed by atoms with E-state index in [4.69, 9.17) is 5.10 Å². The Balaban J connectivity index is 1.70. The molecule has 0 saturated carbocycles. The van der Waals surface area contributed by atoms with E-state index in [9.17, 15) is 9.50 Å². The summed E-state index contributed by atoms with van der Waals surface area (Å²) in [6.07, 6.45) is 4.22. The third-order valence-corrected chi connectivity index (χ3v) is 5.41. The second-order valence-electron chi connectivity index (χ2n) is 7.72. The predicted molar refractivity (Wildman–Crippen MR) is 109 cm³/mol. The first-order valence-corrected chi connectivity index (χ1v) is 9.87. The Bertz CT molecular complexity index is 953. The number of rotatable bonds is 5. The average molecular weight is 379 g/mol. The topological polar surface area (TPSA) is 41.3 Å². The van der Waals surface area contributed by atoms with Gasteiger partial charge in [0.1, 0.15) is 5.82 Å². The summed E-state index contributed by atoms with van der Waals surface area (Å²) in [5.74, 6) is 0.0741. The van der Waals surface area contributed by atoms with Crippen molar-refractivity contribution in [3.8, 4) is 16.9 Å². The van der Waals surface area contributed by atoms with Crippen molar-refractivity contribution < 1.29 is 9.50 Å². The Morgan fingerprint density at radius 1 is 1.18 bits per heavy atom. The van der Waals surface area contributed by atoms with E-state index >= 15 is 0 Å². The molecule has 2 aromatic carbocycles. The van der Waals surface area contributed by atoms with Crippen molar-refractivity contribution in [2.75, 3.05) is 19.7 Å². The number of nitrogens with zero attached hydrogens (tertiary/aromatic N) is 3. The fourth-order valence-corrected chi connectivity index (χ4v) is 3.99. The van der Waals surface area contributed by atoms with E-state index in [0.717, 1.165) is 55.0 Å². The first-order chi connectivity index (χ1) is 13.6. The highest BCUT2D eigenvalue weighted by atomic mass is 19.1. The molecule has 4 rings (SSSR count). The normalized spacial score (nSPS) is 17.8. The van der Waals surface area contributed by atoms with Gasteiger partial charge in [0.2, 0.25) is 0 Å². The van der Waals surface area contributed by atoms with Crippen LogP contribution in [-0.4, -0.2) is 39.5 Å². The first kappa shape index (κ1) is 18.8. The van der Waals surface area contributed by atoms with Crippen LogP contribution in [0.15, 0.2) is 54.7 Å². The van der Waals surface area contributed by atoms with E-state index in [0.29, 0.717) is 5.92 Å². The lowest BCUT2D eigenvalue weighted by molar-refractivity contribution is 0.116. The van der Waals surface area contributed by atoms with Crippen molar-refractivity contribution in [3.05, 3.63) is 71.7 Å². The summed E-state index contributed by atoms with van der Waals surface area (Å²) in [6.45, 7) is 4.93. The molecule has 2 heterocycles. The van der Waals surface area contributed by atoms with Gasteiger partial charge in [-0.3, -0.25) is 4.90 Å². The number of aryl methyl sites for hydroxylation is 1. The molecule has 1 aromatic heterocycles. The first-order valence-electron chi connectivity index (χ1n) is 9.87. The number of benzene rings is 2. The van der Waals surface area contributed by atoms with Gasteiger partial charge in [-0.25, -0.2) is 9.07 Å². The molecule has 1 N–H and O–H groups in total. The summed E-state index contributed by atoms with van der Waals surface area (Å²) in [5.41, 5.74) is 4.84. The molecule has 1 atom stereocenters. The lowest BCUT2D eigenvalue weighted by atomic mass is 9.98. The summed E-state index contributed by atoms with van der Waals surface area (Å²) in [5, 5.41) is 14.3. The van der Waals surface area contributed by atoms with Crippen LogP contribution in [0, 0.1) is 18.7 Å². The van der Waals surface area contributed by atoms with Gasteiger partial charge in [-0.05, 0) is 62.1 Å². The molecular weight excluding hydrogens is 353 g/mol. The van der Waals surface area contributed by atoms with Crippen molar-refractivity contribution in [3.63, 3.8) is 0 Å². The maximum absolute atomic E-state index is 13.9. The Morgan fingerprint density at radius 3 is 2.82 bits per heavy atom. The summed E-state index contributed by atoms with van der Waals surface area (Å²) in [6, 6.07) is 14.8. The molecule has 0 unspecified atom stereocenters. The van der Waals surface area contributed by atoms with Gasteiger partial charge in [-0.1, -0.05) is 24.3 Å². The van der Waals surface area contributed by atoms with E-state index in [-0.39, 0.29) is 12.4 Å².